The third-order valence-electron chi connectivity index (χ3n) is 5.73. The lowest BCUT2D eigenvalue weighted by Gasteiger charge is -2.26. The molecule has 0 saturated carbocycles. The molecule has 0 spiro atoms. The van der Waals surface area contributed by atoms with E-state index < -0.39 is 42.0 Å². The summed E-state index contributed by atoms with van der Waals surface area (Å²) in [5.74, 6) is -6.24. The summed E-state index contributed by atoms with van der Waals surface area (Å²) in [4.78, 5) is 46.6. The molecule has 2 aliphatic rings. The Balaban J connectivity index is 0.000000466. The van der Waals surface area contributed by atoms with Crippen LogP contribution in [0.2, 0.25) is 0 Å². The van der Waals surface area contributed by atoms with Crippen LogP contribution < -0.4 is 5.73 Å². The molecule has 2 saturated heterocycles. The number of fused-ring (bicyclic) bond motifs is 1. The predicted molar refractivity (Wildman–Crippen MR) is 114 cm³/mol. The molecule has 35 heavy (non-hydrogen) atoms. The number of likely N-dealkylation sites (tertiary alicyclic amines) is 2. The van der Waals surface area contributed by atoms with Gasteiger partial charge in [-0.15, -0.1) is 0 Å². The van der Waals surface area contributed by atoms with E-state index in [0.717, 1.165) is 12.5 Å². The number of amides is 2. The van der Waals surface area contributed by atoms with E-state index >= 15 is 0 Å². The topological polar surface area (TPSA) is 161 Å². The number of carboxylic acid groups (broad SMARTS) is 2. The normalized spacial score (nSPS) is 19.8. The first-order chi connectivity index (χ1) is 16.4. The second-order valence-electron chi connectivity index (χ2n) is 8.20. The number of halogens is 3. The first-order valence-electron chi connectivity index (χ1n) is 10.6. The number of nitrogens with two attached hydrogens (primary N) is 1. The molecule has 0 bridgehead atoms. The zero-order valence-electron chi connectivity index (χ0n) is 18.6. The lowest BCUT2D eigenvalue weighted by molar-refractivity contribution is -0.136. The number of nitrogens with zero attached hydrogens (tertiary/aromatic N) is 2. The molecule has 1 aromatic carbocycles. The highest BCUT2D eigenvalue weighted by Crippen LogP contribution is 2.32. The van der Waals surface area contributed by atoms with Crippen LogP contribution in [0.5, 0.6) is 0 Å². The van der Waals surface area contributed by atoms with Gasteiger partial charge in [0.15, 0.2) is 11.6 Å². The molecule has 1 aromatic rings. The fourth-order valence-corrected chi connectivity index (χ4v) is 4.13. The van der Waals surface area contributed by atoms with Crippen LogP contribution in [0.3, 0.4) is 0 Å². The Kier molecular flexibility index (Phi) is 9.78. The Hall–Kier alpha value is -3.45. The molecule has 0 unspecified atom stereocenters. The quantitative estimate of drug-likeness (QED) is 0.303. The Morgan fingerprint density at radius 3 is 2.17 bits per heavy atom. The summed E-state index contributed by atoms with van der Waals surface area (Å²) in [5.41, 5.74) is 5.86. The minimum absolute atomic E-state index is 0.0599. The molecule has 3 atom stereocenters. The zero-order valence-corrected chi connectivity index (χ0v) is 18.6. The van der Waals surface area contributed by atoms with E-state index in [-0.39, 0.29) is 42.2 Å². The molecule has 2 amide bonds. The summed E-state index contributed by atoms with van der Waals surface area (Å²) >= 11 is 0. The van der Waals surface area contributed by atoms with Crippen molar-refractivity contribution in [2.24, 2.45) is 11.7 Å². The maximum atomic E-state index is 13.7. The summed E-state index contributed by atoms with van der Waals surface area (Å²) in [6.07, 6.45) is 1.73. The number of hydrogen-bond donors (Lipinski definition) is 4. The van der Waals surface area contributed by atoms with Gasteiger partial charge in [0, 0.05) is 56.2 Å². The second kappa shape index (κ2) is 12.3. The van der Waals surface area contributed by atoms with E-state index in [1.165, 1.54) is 0 Å². The third-order valence-corrected chi connectivity index (χ3v) is 5.73. The number of benzene rings is 1. The van der Waals surface area contributed by atoms with Crippen LogP contribution in [-0.2, 0) is 25.6 Å². The van der Waals surface area contributed by atoms with Gasteiger partial charge in [0.05, 0.1) is 6.04 Å². The molecule has 0 aliphatic carbocycles. The highest BCUT2D eigenvalue weighted by atomic mass is 19.2. The van der Waals surface area contributed by atoms with Crippen molar-refractivity contribution in [3.63, 3.8) is 0 Å². The van der Waals surface area contributed by atoms with E-state index in [0.29, 0.717) is 37.9 Å². The Bertz CT molecular complexity index is 989. The van der Waals surface area contributed by atoms with Crippen LogP contribution in [0, 0.1) is 23.4 Å². The van der Waals surface area contributed by atoms with Crippen molar-refractivity contribution in [1.82, 2.24) is 9.80 Å². The van der Waals surface area contributed by atoms with E-state index in [9.17, 15) is 32.3 Å². The van der Waals surface area contributed by atoms with E-state index in [1.54, 1.807) is 9.80 Å². The zero-order chi connectivity index (χ0) is 26.3. The van der Waals surface area contributed by atoms with Gasteiger partial charge in [0.25, 0.3) is 0 Å². The number of aliphatic hydroxyl groups excluding tert-OH is 1. The SMILES string of the molecule is N[C@@H](CC(=O)N1CC[C@H]2CN(C(=O)CO)C[C@H]21)Cc1cc(F)c(F)cc1F.O=C(O)C=CC(=O)O. The van der Waals surface area contributed by atoms with Crippen molar-refractivity contribution in [2.45, 2.75) is 31.3 Å². The molecule has 10 nitrogen and oxygen atoms in total. The number of carboxylic acids is 2. The molecular formula is C22H26F3N3O7. The van der Waals surface area contributed by atoms with Gasteiger partial charge in [-0.05, 0) is 24.5 Å². The number of hydrogen-bond acceptors (Lipinski definition) is 6. The molecule has 192 valence electrons. The van der Waals surface area contributed by atoms with Crippen LogP contribution in [-0.4, -0.2) is 87.2 Å². The van der Waals surface area contributed by atoms with Crippen LogP contribution in [0.4, 0.5) is 13.2 Å². The smallest absolute Gasteiger partial charge is 0.328 e. The van der Waals surface area contributed by atoms with Gasteiger partial charge < -0.3 is 30.9 Å². The fourth-order valence-electron chi connectivity index (χ4n) is 4.13. The van der Waals surface area contributed by atoms with Crippen LogP contribution in [0.1, 0.15) is 18.4 Å². The summed E-state index contributed by atoms with van der Waals surface area (Å²) in [5, 5.41) is 24.6. The average molecular weight is 501 g/mol. The first kappa shape index (κ1) is 27.8. The molecule has 13 heteroatoms. The van der Waals surface area contributed by atoms with E-state index in [2.05, 4.69) is 0 Å². The third kappa shape index (κ3) is 7.79. The van der Waals surface area contributed by atoms with Gasteiger partial charge >= 0.3 is 11.9 Å². The lowest BCUT2D eigenvalue weighted by Crippen LogP contribution is -2.43. The van der Waals surface area contributed by atoms with Crippen molar-refractivity contribution >= 4 is 23.8 Å². The number of rotatable bonds is 7. The van der Waals surface area contributed by atoms with Crippen LogP contribution in [0.15, 0.2) is 24.3 Å². The number of carbonyl (C=O) groups is 4. The molecule has 0 aromatic heterocycles. The summed E-state index contributed by atoms with van der Waals surface area (Å²) in [7, 11) is 0. The summed E-state index contributed by atoms with van der Waals surface area (Å²) < 4.78 is 40.0. The van der Waals surface area contributed by atoms with Gasteiger partial charge in [0.1, 0.15) is 12.4 Å². The van der Waals surface area contributed by atoms with Crippen molar-refractivity contribution in [2.75, 3.05) is 26.2 Å². The lowest BCUT2D eigenvalue weighted by atomic mass is 10.0. The maximum Gasteiger partial charge on any atom is 0.328 e. The second-order valence-corrected chi connectivity index (χ2v) is 8.20. The standard InChI is InChI=1S/C18H22F3N3O3.C4H4O4/c19-13-6-15(21)14(20)4-11(13)3-12(22)5-17(26)24-2-1-10-7-23(8-16(10)24)18(27)9-25;5-3(6)1-2-4(7)8/h4,6,10,12,16,25H,1-3,5,7-9,22H2;1-2H,(H,5,6)(H,7,8)/t10-,12+,16+;/m0./s1. The molecular weight excluding hydrogens is 475 g/mol. The molecule has 2 heterocycles. The monoisotopic (exact) mass is 501 g/mol. The molecule has 3 rings (SSSR count). The fraction of sp³-hybridized carbons (Fsp3) is 0.455. The average Bonchev–Trinajstić information content (AvgIpc) is 3.37. The molecule has 0 radical (unpaired) electrons. The minimum atomic E-state index is -1.27. The minimum Gasteiger partial charge on any atom is -0.478 e. The molecule has 2 aliphatic heterocycles. The Morgan fingerprint density at radius 2 is 1.60 bits per heavy atom. The van der Waals surface area contributed by atoms with E-state index in [4.69, 9.17) is 21.1 Å². The van der Waals surface area contributed by atoms with Crippen LogP contribution >= 0.6 is 0 Å². The Labute approximate surface area is 198 Å². The van der Waals surface area contributed by atoms with Gasteiger partial charge in [-0.25, -0.2) is 22.8 Å². The highest BCUT2D eigenvalue weighted by molar-refractivity contribution is 5.89. The summed E-state index contributed by atoms with van der Waals surface area (Å²) in [6.45, 7) is 0.891. The van der Waals surface area contributed by atoms with Gasteiger partial charge in [-0.1, -0.05) is 0 Å². The molecule has 5 N–H and O–H groups in total. The Morgan fingerprint density at radius 1 is 1.00 bits per heavy atom. The number of carbonyl (C=O) groups excluding carboxylic acids is 2. The van der Waals surface area contributed by atoms with Crippen molar-refractivity contribution in [3.8, 4) is 0 Å². The molecule has 2 fully saturated rings. The van der Waals surface area contributed by atoms with Crippen molar-refractivity contribution in [3.05, 3.63) is 47.3 Å². The predicted octanol–water partition coefficient (Wildman–Crippen LogP) is 0.127. The van der Waals surface area contributed by atoms with Gasteiger partial charge in [-0.3, -0.25) is 9.59 Å². The first-order valence-corrected chi connectivity index (χ1v) is 10.6. The summed E-state index contributed by atoms with van der Waals surface area (Å²) in [6, 6.07) is 0.374. The van der Waals surface area contributed by atoms with Crippen molar-refractivity contribution in [1.29, 1.82) is 0 Å². The maximum absolute atomic E-state index is 13.7. The number of aliphatic hydroxyl groups is 1. The highest BCUT2D eigenvalue weighted by Gasteiger charge is 2.44. The van der Waals surface area contributed by atoms with Crippen molar-refractivity contribution < 1.29 is 47.7 Å². The van der Waals surface area contributed by atoms with Crippen LogP contribution in [0.25, 0.3) is 0 Å². The van der Waals surface area contributed by atoms with Gasteiger partial charge in [-0.2, -0.15) is 0 Å². The van der Waals surface area contributed by atoms with Gasteiger partial charge in [0.2, 0.25) is 11.8 Å². The van der Waals surface area contributed by atoms with E-state index in [1.807, 2.05) is 0 Å². The number of aliphatic carboxylic acids is 2. The largest absolute Gasteiger partial charge is 0.478 e.